The van der Waals surface area contributed by atoms with Gasteiger partial charge in [0, 0.05) is 16.7 Å². The molecule has 0 fully saturated rings. The number of hydrogen-bond acceptors (Lipinski definition) is 3. The van der Waals surface area contributed by atoms with Gasteiger partial charge in [0.1, 0.15) is 18.1 Å². The molecule has 0 amide bonds. The number of ether oxygens (including phenoxy) is 2. The van der Waals surface area contributed by atoms with Crippen LogP contribution in [-0.4, -0.2) is 5.78 Å². The Morgan fingerprint density at radius 3 is 2.42 bits per heavy atom. The number of benzene rings is 3. The highest BCUT2D eigenvalue weighted by molar-refractivity contribution is 6.31. The van der Waals surface area contributed by atoms with Gasteiger partial charge in [0.25, 0.3) is 0 Å². The molecule has 0 radical (unpaired) electrons. The molecule has 3 aromatic carbocycles. The van der Waals surface area contributed by atoms with Gasteiger partial charge in [0.15, 0.2) is 5.76 Å². The molecule has 0 saturated carbocycles. The summed E-state index contributed by atoms with van der Waals surface area (Å²) in [6, 6.07) is 19.4. The van der Waals surface area contributed by atoms with Crippen molar-refractivity contribution in [1.29, 1.82) is 0 Å². The molecule has 3 nitrogen and oxygen atoms in total. The molecular weight excluding hydrogens is 408 g/mol. The summed E-state index contributed by atoms with van der Waals surface area (Å²) in [7, 11) is 0. The van der Waals surface area contributed by atoms with E-state index in [0.29, 0.717) is 34.5 Å². The van der Waals surface area contributed by atoms with E-state index in [1.807, 2.05) is 49.4 Å². The van der Waals surface area contributed by atoms with E-state index in [4.69, 9.17) is 21.1 Å². The van der Waals surface area contributed by atoms with Gasteiger partial charge in [0.2, 0.25) is 5.78 Å². The van der Waals surface area contributed by atoms with Crippen molar-refractivity contribution in [2.45, 2.75) is 39.7 Å². The van der Waals surface area contributed by atoms with Crippen LogP contribution >= 0.6 is 11.6 Å². The fraction of sp³-hybridized carbons (Fsp3) is 0.222. The largest absolute Gasteiger partial charge is 0.489 e. The summed E-state index contributed by atoms with van der Waals surface area (Å²) in [6.07, 6.45) is 1.79. The SMILES string of the molecule is Cc1cc(OCc2ccccc2Cl)cc2c1C(=O)/C(=C/c1ccc(C(C)(C)C)cc1)O2. The fourth-order valence-electron chi connectivity index (χ4n) is 3.57. The summed E-state index contributed by atoms with van der Waals surface area (Å²) in [5.74, 6) is 1.38. The summed E-state index contributed by atoms with van der Waals surface area (Å²) in [5, 5.41) is 0.662. The molecule has 0 spiro atoms. The topological polar surface area (TPSA) is 35.5 Å². The van der Waals surface area contributed by atoms with Crippen LogP contribution < -0.4 is 9.47 Å². The number of rotatable bonds is 4. The Labute approximate surface area is 188 Å². The van der Waals surface area contributed by atoms with Crippen LogP contribution in [0.15, 0.2) is 66.4 Å². The van der Waals surface area contributed by atoms with E-state index in [9.17, 15) is 4.79 Å². The van der Waals surface area contributed by atoms with Crippen molar-refractivity contribution in [2.24, 2.45) is 0 Å². The Balaban J connectivity index is 1.55. The first-order valence-corrected chi connectivity index (χ1v) is 10.7. The first-order chi connectivity index (χ1) is 14.7. The third-order valence-electron chi connectivity index (χ3n) is 5.37. The second-order valence-corrected chi connectivity index (χ2v) is 9.21. The van der Waals surface area contributed by atoms with Crippen LogP contribution in [0.3, 0.4) is 0 Å². The van der Waals surface area contributed by atoms with Crippen LogP contribution in [0.4, 0.5) is 0 Å². The Morgan fingerprint density at radius 2 is 1.74 bits per heavy atom. The standard InChI is InChI=1S/C27H25ClO3/c1-17-13-21(30-16-19-7-5-6-8-22(19)28)15-23-25(17)26(29)24(31-23)14-18-9-11-20(12-10-18)27(2,3)4/h5-15H,16H2,1-4H3/b24-14-. The van der Waals surface area contributed by atoms with Gasteiger partial charge in [-0.25, -0.2) is 0 Å². The van der Waals surface area contributed by atoms with Gasteiger partial charge < -0.3 is 9.47 Å². The van der Waals surface area contributed by atoms with Crippen molar-refractivity contribution in [3.8, 4) is 11.5 Å². The van der Waals surface area contributed by atoms with Crippen LogP contribution in [0.25, 0.3) is 6.08 Å². The summed E-state index contributed by atoms with van der Waals surface area (Å²) in [4.78, 5) is 12.9. The number of Topliss-reactive ketones (excluding diaryl/α,β-unsaturated/α-hetero) is 1. The first-order valence-electron chi connectivity index (χ1n) is 10.3. The maximum Gasteiger partial charge on any atom is 0.232 e. The average molecular weight is 433 g/mol. The number of fused-ring (bicyclic) bond motifs is 1. The highest BCUT2D eigenvalue weighted by atomic mass is 35.5. The van der Waals surface area contributed by atoms with E-state index in [-0.39, 0.29) is 11.2 Å². The van der Waals surface area contributed by atoms with Crippen LogP contribution in [0.2, 0.25) is 5.02 Å². The molecule has 4 rings (SSSR count). The lowest BCUT2D eigenvalue weighted by molar-refractivity contribution is 0.101. The van der Waals surface area contributed by atoms with Crippen molar-refractivity contribution in [2.75, 3.05) is 0 Å². The minimum atomic E-state index is -0.106. The van der Waals surface area contributed by atoms with Gasteiger partial charge in [-0.2, -0.15) is 0 Å². The lowest BCUT2D eigenvalue weighted by Crippen LogP contribution is -2.10. The van der Waals surface area contributed by atoms with Crippen LogP contribution in [0.1, 0.15) is 53.4 Å². The van der Waals surface area contributed by atoms with Gasteiger partial charge in [-0.15, -0.1) is 0 Å². The minimum Gasteiger partial charge on any atom is -0.489 e. The van der Waals surface area contributed by atoms with Crippen LogP contribution in [0, 0.1) is 6.92 Å². The Morgan fingerprint density at radius 1 is 1.03 bits per heavy atom. The molecule has 3 aromatic rings. The number of ketones is 1. The number of aryl methyl sites for hydroxylation is 1. The number of carbonyl (C=O) groups is 1. The lowest BCUT2D eigenvalue weighted by Gasteiger charge is -2.18. The summed E-state index contributed by atoms with van der Waals surface area (Å²) < 4.78 is 11.8. The summed E-state index contributed by atoms with van der Waals surface area (Å²) >= 11 is 6.21. The third-order valence-corrected chi connectivity index (χ3v) is 5.74. The second-order valence-electron chi connectivity index (χ2n) is 8.81. The van der Waals surface area contributed by atoms with Crippen molar-refractivity contribution in [3.05, 3.63) is 99.3 Å². The molecule has 4 heteroatoms. The van der Waals surface area contributed by atoms with Gasteiger partial charge in [-0.1, -0.05) is 74.8 Å². The molecule has 0 aliphatic carbocycles. The molecule has 1 heterocycles. The van der Waals surface area contributed by atoms with Crippen LogP contribution in [-0.2, 0) is 12.0 Å². The Kier molecular flexibility index (Phi) is 5.63. The van der Waals surface area contributed by atoms with Crippen molar-refractivity contribution >= 4 is 23.5 Å². The number of carbonyl (C=O) groups excluding carboxylic acids is 1. The second kappa shape index (κ2) is 8.24. The highest BCUT2D eigenvalue weighted by Crippen LogP contribution is 2.38. The molecule has 0 atom stereocenters. The van der Waals surface area contributed by atoms with Crippen LogP contribution in [0.5, 0.6) is 11.5 Å². The van der Waals surface area contributed by atoms with E-state index < -0.39 is 0 Å². The lowest BCUT2D eigenvalue weighted by atomic mass is 9.86. The molecule has 0 unspecified atom stereocenters. The minimum absolute atomic E-state index is 0.0824. The maximum atomic E-state index is 12.9. The quantitative estimate of drug-likeness (QED) is 0.411. The molecular formula is C27H25ClO3. The molecule has 158 valence electrons. The maximum absolute atomic E-state index is 12.9. The number of halogens is 1. The van der Waals surface area contributed by atoms with E-state index >= 15 is 0 Å². The Hall–Kier alpha value is -3.04. The third kappa shape index (κ3) is 4.52. The molecule has 1 aliphatic heterocycles. The zero-order valence-corrected chi connectivity index (χ0v) is 18.9. The zero-order valence-electron chi connectivity index (χ0n) is 18.2. The number of hydrogen-bond donors (Lipinski definition) is 0. The molecule has 31 heavy (non-hydrogen) atoms. The average Bonchev–Trinajstić information content (AvgIpc) is 3.03. The Bertz CT molecular complexity index is 1170. The molecule has 0 N–H and O–H groups in total. The van der Waals surface area contributed by atoms with E-state index in [1.54, 1.807) is 12.1 Å². The van der Waals surface area contributed by atoms with Crippen molar-refractivity contribution < 1.29 is 14.3 Å². The zero-order chi connectivity index (χ0) is 22.2. The van der Waals surface area contributed by atoms with Crippen molar-refractivity contribution in [3.63, 3.8) is 0 Å². The number of allylic oxidation sites excluding steroid dienone is 1. The van der Waals surface area contributed by atoms with Gasteiger partial charge in [-0.05, 0) is 47.2 Å². The molecule has 0 aromatic heterocycles. The van der Waals surface area contributed by atoms with E-state index in [2.05, 4.69) is 32.9 Å². The molecule has 0 bridgehead atoms. The monoisotopic (exact) mass is 432 g/mol. The first kappa shape index (κ1) is 21.2. The predicted molar refractivity (Wildman–Crippen MR) is 125 cm³/mol. The van der Waals surface area contributed by atoms with Gasteiger partial charge >= 0.3 is 0 Å². The van der Waals surface area contributed by atoms with E-state index in [1.165, 1.54) is 5.56 Å². The molecule has 1 aliphatic rings. The van der Waals surface area contributed by atoms with Gasteiger partial charge in [0.05, 0.1) is 5.56 Å². The van der Waals surface area contributed by atoms with E-state index in [0.717, 1.165) is 16.7 Å². The summed E-state index contributed by atoms with van der Waals surface area (Å²) in [5.41, 5.74) is 4.56. The highest BCUT2D eigenvalue weighted by Gasteiger charge is 2.30. The fourth-order valence-corrected chi connectivity index (χ4v) is 3.76. The predicted octanol–water partition coefficient (Wildman–Crippen LogP) is 7.14. The smallest absolute Gasteiger partial charge is 0.232 e. The molecule has 0 saturated heterocycles. The van der Waals surface area contributed by atoms with Gasteiger partial charge in [-0.3, -0.25) is 4.79 Å². The normalized spacial score (nSPS) is 14.5. The van der Waals surface area contributed by atoms with Crippen molar-refractivity contribution in [1.82, 2.24) is 0 Å². The summed E-state index contributed by atoms with van der Waals surface area (Å²) in [6.45, 7) is 8.76.